The van der Waals surface area contributed by atoms with E-state index in [2.05, 4.69) is 44.8 Å². The van der Waals surface area contributed by atoms with E-state index in [-0.39, 0.29) is 0 Å². The highest BCUT2D eigenvalue weighted by molar-refractivity contribution is 7.15. The van der Waals surface area contributed by atoms with Crippen molar-refractivity contribution in [3.8, 4) is 0 Å². The number of anilines is 1. The first-order chi connectivity index (χ1) is 8.58. The van der Waals surface area contributed by atoms with Crippen LogP contribution in [0.4, 0.5) is 5.13 Å². The van der Waals surface area contributed by atoms with E-state index in [0.717, 1.165) is 19.6 Å². The van der Waals surface area contributed by atoms with Crippen molar-refractivity contribution < 1.29 is 0 Å². The van der Waals surface area contributed by atoms with E-state index in [4.69, 9.17) is 4.98 Å². The van der Waals surface area contributed by atoms with E-state index in [1.165, 1.54) is 28.5 Å². The molecule has 0 atom stereocenters. The molecule has 4 heteroatoms. The normalized spacial score (nSPS) is 11.2. The maximum Gasteiger partial charge on any atom is 0.185 e. The van der Waals surface area contributed by atoms with Crippen LogP contribution in [0.3, 0.4) is 0 Å². The molecule has 0 saturated carbocycles. The zero-order valence-corrected chi connectivity index (χ0v) is 13.2. The van der Waals surface area contributed by atoms with Crippen molar-refractivity contribution in [2.75, 3.05) is 18.0 Å². The number of hydrogen-bond donors (Lipinski definition) is 1. The zero-order chi connectivity index (χ0) is 13.5. The molecule has 0 aliphatic heterocycles. The minimum absolute atomic E-state index is 0.525. The van der Waals surface area contributed by atoms with Gasteiger partial charge in [0.25, 0.3) is 0 Å². The van der Waals surface area contributed by atoms with Gasteiger partial charge in [-0.3, -0.25) is 0 Å². The average Bonchev–Trinajstić information content (AvgIpc) is 2.68. The lowest BCUT2D eigenvalue weighted by Crippen LogP contribution is -2.24. The van der Waals surface area contributed by atoms with E-state index in [1.54, 1.807) is 0 Å². The summed E-state index contributed by atoms with van der Waals surface area (Å²) in [7, 11) is 0. The number of thiazole rings is 1. The van der Waals surface area contributed by atoms with Gasteiger partial charge in [0.15, 0.2) is 5.13 Å². The van der Waals surface area contributed by atoms with Gasteiger partial charge < -0.3 is 10.2 Å². The lowest BCUT2D eigenvalue weighted by Gasteiger charge is -2.19. The molecule has 0 bridgehead atoms. The van der Waals surface area contributed by atoms with Crippen molar-refractivity contribution in [2.45, 2.75) is 60.0 Å². The molecular weight excluding hydrogens is 242 g/mol. The highest BCUT2D eigenvalue weighted by Gasteiger charge is 2.13. The standard InChI is InChI=1S/C14H27N3S/c1-6-8-17(9-7-2)14-16-12(5)13(18-14)10-15-11(3)4/h11,15H,6-10H2,1-5H3. The molecule has 1 N–H and O–H groups in total. The summed E-state index contributed by atoms with van der Waals surface area (Å²) in [6, 6.07) is 0.525. The first kappa shape index (κ1) is 15.4. The Morgan fingerprint density at radius 3 is 2.33 bits per heavy atom. The van der Waals surface area contributed by atoms with Crippen LogP contribution in [-0.2, 0) is 6.54 Å². The summed E-state index contributed by atoms with van der Waals surface area (Å²) in [6.45, 7) is 14.1. The van der Waals surface area contributed by atoms with Crippen LogP contribution in [0.25, 0.3) is 0 Å². The molecule has 18 heavy (non-hydrogen) atoms. The van der Waals surface area contributed by atoms with Crippen molar-refractivity contribution in [1.82, 2.24) is 10.3 Å². The molecule has 1 aromatic heterocycles. The Hall–Kier alpha value is -0.610. The molecule has 0 fully saturated rings. The highest BCUT2D eigenvalue weighted by atomic mass is 32.1. The minimum atomic E-state index is 0.525. The lowest BCUT2D eigenvalue weighted by atomic mass is 10.3. The zero-order valence-electron chi connectivity index (χ0n) is 12.4. The van der Waals surface area contributed by atoms with E-state index in [1.807, 2.05) is 11.3 Å². The molecule has 3 nitrogen and oxygen atoms in total. The van der Waals surface area contributed by atoms with Crippen LogP contribution < -0.4 is 10.2 Å². The summed E-state index contributed by atoms with van der Waals surface area (Å²) >= 11 is 1.84. The van der Waals surface area contributed by atoms with Crippen LogP contribution in [0.5, 0.6) is 0 Å². The van der Waals surface area contributed by atoms with E-state index in [9.17, 15) is 0 Å². The van der Waals surface area contributed by atoms with Crippen molar-refractivity contribution in [1.29, 1.82) is 0 Å². The van der Waals surface area contributed by atoms with Crippen LogP contribution in [-0.4, -0.2) is 24.1 Å². The third-order valence-electron chi connectivity index (χ3n) is 2.81. The van der Waals surface area contributed by atoms with Gasteiger partial charge in [0.2, 0.25) is 0 Å². The fourth-order valence-electron chi connectivity index (χ4n) is 1.85. The molecule has 104 valence electrons. The van der Waals surface area contributed by atoms with Crippen molar-refractivity contribution in [3.63, 3.8) is 0 Å². The molecule has 1 rings (SSSR count). The van der Waals surface area contributed by atoms with Gasteiger partial charge >= 0.3 is 0 Å². The molecule has 1 aromatic rings. The quantitative estimate of drug-likeness (QED) is 0.782. The fourth-order valence-corrected chi connectivity index (χ4v) is 2.92. The Labute approximate surface area is 116 Å². The molecule has 0 aliphatic rings. The molecule has 0 aromatic carbocycles. The molecule has 0 amide bonds. The first-order valence-corrected chi connectivity index (χ1v) is 7.84. The highest BCUT2D eigenvalue weighted by Crippen LogP contribution is 2.26. The Morgan fingerprint density at radius 2 is 1.83 bits per heavy atom. The van der Waals surface area contributed by atoms with Gasteiger partial charge in [-0.25, -0.2) is 4.98 Å². The summed E-state index contributed by atoms with van der Waals surface area (Å²) in [5, 5.41) is 4.66. The molecule has 0 saturated heterocycles. The Kier molecular flexibility index (Phi) is 6.65. The number of nitrogens with one attached hydrogen (secondary N) is 1. The summed E-state index contributed by atoms with van der Waals surface area (Å²) in [4.78, 5) is 8.52. The SMILES string of the molecule is CCCN(CCC)c1nc(C)c(CNC(C)C)s1. The van der Waals surface area contributed by atoms with Crippen molar-refractivity contribution >= 4 is 16.5 Å². The maximum atomic E-state index is 4.73. The minimum Gasteiger partial charge on any atom is -0.348 e. The van der Waals surface area contributed by atoms with Crippen molar-refractivity contribution in [2.24, 2.45) is 0 Å². The monoisotopic (exact) mass is 269 g/mol. The second kappa shape index (κ2) is 7.74. The largest absolute Gasteiger partial charge is 0.348 e. The number of aryl methyl sites for hydroxylation is 1. The number of hydrogen-bond acceptors (Lipinski definition) is 4. The summed E-state index contributed by atoms with van der Waals surface area (Å²) in [5.74, 6) is 0. The Balaban J connectivity index is 2.73. The predicted octanol–water partition coefficient (Wildman–Crippen LogP) is 3.58. The Bertz CT molecular complexity index is 341. The van der Waals surface area contributed by atoms with Crippen LogP contribution in [0.1, 0.15) is 51.1 Å². The fraction of sp³-hybridized carbons (Fsp3) is 0.786. The van der Waals surface area contributed by atoms with E-state index < -0.39 is 0 Å². The summed E-state index contributed by atoms with van der Waals surface area (Å²) in [6.07, 6.45) is 2.36. The van der Waals surface area contributed by atoms with E-state index in [0.29, 0.717) is 6.04 Å². The molecule has 1 heterocycles. The van der Waals surface area contributed by atoms with Crippen LogP contribution in [0, 0.1) is 6.92 Å². The van der Waals surface area contributed by atoms with Gasteiger partial charge in [0, 0.05) is 30.6 Å². The van der Waals surface area contributed by atoms with Crippen LogP contribution in [0.15, 0.2) is 0 Å². The maximum absolute atomic E-state index is 4.73. The topological polar surface area (TPSA) is 28.2 Å². The van der Waals surface area contributed by atoms with Crippen molar-refractivity contribution in [3.05, 3.63) is 10.6 Å². The molecular formula is C14H27N3S. The molecule has 0 spiro atoms. The predicted molar refractivity (Wildman–Crippen MR) is 81.6 cm³/mol. The van der Waals surface area contributed by atoms with E-state index >= 15 is 0 Å². The number of rotatable bonds is 8. The molecule has 0 unspecified atom stereocenters. The summed E-state index contributed by atoms with van der Waals surface area (Å²) in [5.41, 5.74) is 1.18. The second-order valence-electron chi connectivity index (χ2n) is 5.03. The van der Waals surface area contributed by atoms with Gasteiger partial charge in [0.05, 0.1) is 5.69 Å². The van der Waals surface area contributed by atoms with Crippen LogP contribution in [0.2, 0.25) is 0 Å². The third kappa shape index (κ3) is 4.58. The lowest BCUT2D eigenvalue weighted by molar-refractivity contribution is 0.591. The van der Waals surface area contributed by atoms with Gasteiger partial charge in [-0.05, 0) is 19.8 Å². The summed E-state index contributed by atoms with van der Waals surface area (Å²) < 4.78 is 0. The number of aromatic nitrogens is 1. The van der Waals surface area contributed by atoms with Gasteiger partial charge in [-0.15, -0.1) is 11.3 Å². The number of nitrogens with zero attached hydrogens (tertiary/aromatic N) is 2. The average molecular weight is 269 g/mol. The van der Waals surface area contributed by atoms with Gasteiger partial charge in [-0.2, -0.15) is 0 Å². The van der Waals surface area contributed by atoms with Crippen LogP contribution >= 0.6 is 11.3 Å². The molecule has 0 aliphatic carbocycles. The van der Waals surface area contributed by atoms with Gasteiger partial charge in [-0.1, -0.05) is 27.7 Å². The first-order valence-electron chi connectivity index (χ1n) is 7.03. The van der Waals surface area contributed by atoms with Gasteiger partial charge in [0.1, 0.15) is 0 Å². The molecule has 0 radical (unpaired) electrons. The second-order valence-corrected chi connectivity index (χ2v) is 6.09. The smallest absolute Gasteiger partial charge is 0.185 e. The Morgan fingerprint density at radius 1 is 1.22 bits per heavy atom. The third-order valence-corrected chi connectivity index (χ3v) is 4.03.